The van der Waals surface area contributed by atoms with E-state index in [0.717, 1.165) is 11.1 Å². The normalized spacial score (nSPS) is 10.9. The van der Waals surface area contributed by atoms with E-state index in [1.165, 1.54) is 6.07 Å². The van der Waals surface area contributed by atoms with Gasteiger partial charge in [0.25, 0.3) is 0 Å². The van der Waals surface area contributed by atoms with Crippen LogP contribution in [0, 0.1) is 19.7 Å². The molecule has 0 aliphatic rings. The Balaban J connectivity index is 2.18. The predicted octanol–water partition coefficient (Wildman–Crippen LogP) is 4.15. The van der Waals surface area contributed by atoms with Gasteiger partial charge in [-0.15, -0.1) is 0 Å². The standard InChI is InChI=1S/C17H14FNO/c1-10-6-11(2)8-12(7-10)17(20)13-9-19-15-5-3-4-14(18)16(13)15/h3-9,19H,1-2H3. The number of halogens is 1. The number of hydrogen-bond acceptors (Lipinski definition) is 1. The molecular weight excluding hydrogens is 253 g/mol. The Kier molecular flexibility index (Phi) is 2.90. The van der Waals surface area contributed by atoms with Crippen molar-refractivity contribution in [1.82, 2.24) is 4.98 Å². The molecule has 20 heavy (non-hydrogen) atoms. The number of aryl methyl sites for hydroxylation is 2. The molecule has 1 heterocycles. The van der Waals surface area contributed by atoms with Crippen LogP contribution in [0.15, 0.2) is 42.6 Å². The third kappa shape index (κ3) is 2.01. The van der Waals surface area contributed by atoms with Gasteiger partial charge in [0.05, 0.1) is 5.56 Å². The molecule has 0 bridgehead atoms. The van der Waals surface area contributed by atoms with Gasteiger partial charge in [0, 0.05) is 22.7 Å². The molecule has 2 nitrogen and oxygen atoms in total. The summed E-state index contributed by atoms with van der Waals surface area (Å²) in [4.78, 5) is 15.5. The Morgan fingerprint density at radius 2 is 1.80 bits per heavy atom. The van der Waals surface area contributed by atoms with E-state index >= 15 is 0 Å². The predicted molar refractivity (Wildman–Crippen MR) is 77.6 cm³/mol. The number of benzene rings is 2. The van der Waals surface area contributed by atoms with Gasteiger partial charge in [-0.05, 0) is 38.1 Å². The molecule has 0 atom stereocenters. The summed E-state index contributed by atoms with van der Waals surface area (Å²) < 4.78 is 13.9. The summed E-state index contributed by atoms with van der Waals surface area (Å²) in [6.07, 6.45) is 1.58. The molecule has 3 aromatic rings. The first-order chi connectivity index (χ1) is 9.56. The Morgan fingerprint density at radius 3 is 2.50 bits per heavy atom. The van der Waals surface area contributed by atoms with Gasteiger partial charge in [0.1, 0.15) is 5.82 Å². The SMILES string of the molecule is Cc1cc(C)cc(C(=O)c2c[nH]c3cccc(F)c23)c1. The molecule has 2 aromatic carbocycles. The first-order valence-electron chi connectivity index (χ1n) is 6.45. The zero-order valence-electron chi connectivity index (χ0n) is 11.3. The summed E-state index contributed by atoms with van der Waals surface area (Å²) in [6, 6.07) is 10.4. The van der Waals surface area contributed by atoms with Crippen LogP contribution < -0.4 is 0 Å². The molecule has 0 fully saturated rings. The van der Waals surface area contributed by atoms with Crippen LogP contribution in [-0.2, 0) is 0 Å². The summed E-state index contributed by atoms with van der Waals surface area (Å²) in [5.41, 5.74) is 3.65. The van der Waals surface area contributed by atoms with Crippen LogP contribution in [0.25, 0.3) is 10.9 Å². The molecule has 0 aliphatic carbocycles. The summed E-state index contributed by atoms with van der Waals surface area (Å²) in [7, 11) is 0. The second kappa shape index (κ2) is 4.60. The second-order valence-electron chi connectivity index (χ2n) is 5.07. The van der Waals surface area contributed by atoms with Crippen LogP contribution in [0.4, 0.5) is 4.39 Å². The van der Waals surface area contributed by atoms with Crippen LogP contribution in [0.2, 0.25) is 0 Å². The molecule has 0 unspecified atom stereocenters. The molecular formula is C17H14FNO. The fraction of sp³-hybridized carbons (Fsp3) is 0.118. The van der Waals surface area contributed by atoms with Crippen molar-refractivity contribution in [2.75, 3.05) is 0 Å². The lowest BCUT2D eigenvalue weighted by Gasteiger charge is -2.04. The van der Waals surface area contributed by atoms with Crippen LogP contribution in [0.5, 0.6) is 0 Å². The summed E-state index contributed by atoms with van der Waals surface area (Å²) in [5, 5.41) is 0.358. The third-order valence-corrected chi connectivity index (χ3v) is 3.38. The van der Waals surface area contributed by atoms with Crippen molar-refractivity contribution in [3.8, 4) is 0 Å². The number of ketones is 1. The zero-order chi connectivity index (χ0) is 14.3. The fourth-order valence-corrected chi connectivity index (χ4v) is 2.58. The number of H-pyrrole nitrogens is 1. The first kappa shape index (κ1) is 12.6. The minimum Gasteiger partial charge on any atom is -0.360 e. The van der Waals surface area contributed by atoms with Gasteiger partial charge in [0.2, 0.25) is 0 Å². The topological polar surface area (TPSA) is 32.9 Å². The summed E-state index contributed by atoms with van der Waals surface area (Å²) in [5.74, 6) is -0.537. The van der Waals surface area contributed by atoms with Gasteiger partial charge < -0.3 is 4.98 Å². The van der Waals surface area contributed by atoms with E-state index in [0.29, 0.717) is 22.0 Å². The van der Waals surface area contributed by atoms with Crippen molar-refractivity contribution in [1.29, 1.82) is 0 Å². The minimum atomic E-state index is -0.378. The molecule has 0 aliphatic heterocycles. The van der Waals surface area contributed by atoms with Gasteiger partial charge in [-0.2, -0.15) is 0 Å². The highest BCUT2D eigenvalue weighted by Gasteiger charge is 2.17. The van der Waals surface area contributed by atoms with Crippen molar-refractivity contribution in [2.24, 2.45) is 0 Å². The minimum absolute atomic E-state index is 0.159. The van der Waals surface area contributed by atoms with Crippen LogP contribution in [0.1, 0.15) is 27.0 Å². The first-order valence-corrected chi connectivity index (χ1v) is 6.45. The van der Waals surface area contributed by atoms with Gasteiger partial charge in [0.15, 0.2) is 5.78 Å². The molecule has 1 N–H and O–H groups in total. The number of hydrogen-bond donors (Lipinski definition) is 1. The van der Waals surface area contributed by atoms with E-state index in [1.807, 2.05) is 32.0 Å². The average Bonchev–Trinajstić information content (AvgIpc) is 2.82. The largest absolute Gasteiger partial charge is 0.360 e. The van der Waals surface area contributed by atoms with Crippen molar-refractivity contribution in [2.45, 2.75) is 13.8 Å². The Bertz CT molecular complexity index is 797. The van der Waals surface area contributed by atoms with Crippen LogP contribution >= 0.6 is 0 Å². The maximum atomic E-state index is 13.9. The van der Waals surface area contributed by atoms with E-state index in [1.54, 1.807) is 18.3 Å². The molecule has 0 saturated carbocycles. The highest BCUT2D eigenvalue weighted by molar-refractivity contribution is 6.16. The van der Waals surface area contributed by atoms with E-state index in [9.17, 15) is 9.18 Å². The van der Waals surface area contributed by atoms with Crippen LogP contribution in [-0.4, -0.2) is 10.8 Å². The maximum Gasteiger partial charge on any atom is 0.195 e. The molecule has 100 valence electrons. The van der Waals surface area contributed by atoms with Crippen molar-refractivity contribution < 1.29 is 9.18 Å². The van der Waals surface area contributed by atoms with Crippen molar-refractivity contribution in [3.63, 3.8) is 0 Å². The number of nitrogens with one attached hydrogen (secondary N) is 1. The van der Waals surface area contributed by atoms with Gasteiger partial charge in [-0.3, -0.25) is 4.79 Å². The highest BCUT2D eigenvalue weighted by Crippen LogP contribution is 2.24. The van der Waals surface area contributed by atoms with E-state index in [-0.39, 0.29) is 11.6 Å². The Morgan fingerprint density at radius 1 is 1.10 bits per heavy atom. The van der Waals surface area contributed by atoms with Crippen molar-refractivity contribution in [3.05, 3.63) is 70.7 Å². The molecule has 0 spiro atoms. The van der Waals surface area contributed by atoms with Gasteiger partial charge in [-0.1, -0.05) is 23.3 Å². The van der Waals surface area contributed by atoms with Crippen molar-refractivity contribution >= 4 is 16.7 Å². The monoisotopic (exact) mass is 267 g/mol. The summed E-state index contributed by atoms with van der Waals surface area (Å²) in [6.45, 7) is 3.89. The average molecular weight is 267 g/mol. The Labute approximate surface area is 116 Å². The van der Waals surface area contributed by atoms with Gasteiger partial charge in [-0.25, -0.2) is 4.39 Å². The lowest BCUT2D eigenvalue weighted by atomic mass is 9.99. The third-order valence-electron chi connectivity index (χ3n) is 3.38. The molecule has 3 rings (SSSR count). The molecule has 0 amide bonds. The number of aromatic amines is 1. The molecule has 0 radical (unpaired) electrons. The quantitative estimate of drug-likeness (QED) is 0.695. The molecule has 3 heteroatoms. The van der Waals surface area contributed by atoms with Crippen LogP contribution in [0.3, 0.4) is 0 Å². The lowest BCUT2D eigenvalue weighted by Crippen LogP contribution is -2.02. The van der Waals surface area contributed by atoms with E-state index < -0.39 is 0 Å². The highest BCUT2D eigenvalue weighted by atomic mass is 19.1. The zero-order valence-corrected chi connectivity index (χ0v) is 11.3. The van der Waals surface area contributed by atoms with Gasteiger partial charge >= 0.3 is 0 Å². The number of aromatic nitrogens is 1. The molecule has 1 aromatic heterocycles. The summed E-state index contributed by atoms with van der Waals surface area (Å²) >= 11 is 0. The van der Waals surface area contributed by atoms with E-state index in [2.05, 4.69) is 4.98 Å². The second-order valence-corrected chi connectivity index (χ2v) is 5.07. The number of rotatable bonds is 2. The Hall–Kier alpha value is -2.42. The maximum absolute atomic E-state index is 13.9. The molecule has 0 saturated heterocycles. The lowest BCUT2D eigenvalue weighted by molar-refractivity contribution is 0.104. The van der Waals surface area contributed by atoms with E-state index in [4.69, 9.17) is 0 Å². The fourth-order valence-electron chi connectivity index (χ4n) is 2.58. The number of fused-ring (bicyclic) bond motifs is 1. The number of carbonyl (C=O) groups is 1. The number of carbonyl (C=O) groups excluding carboxylic acids is 1. The smallest absolute Gasteiger partial charge is 0.195 e.